The maximum atomic E-state index is 3.62. The molecule has 0 fully saturated rings. The molecule has 6 rings (SSSR count). The fourth-order valence-electron chi connectivity index (χ4n) is 5.46. The largest absolute Gasteiger partial charge is 0.354 e. The number of benzene rings is 4. The molecule has 0 aliphatic heterocycles. The Morgan fingerprint density at radius 2 is 1.13 bits per heavy atom. The number of H-pyrrole nitrogens is 1. The van der Waals surface area contributed by atoms with E-state index in [0.717, 1.165) is 0 Å². The molecular formula is C24H21B5N2. The van der Waals surface area contributed by atoms with E-state index in [4.69, 9.17) is 0 Å². The minimum Gasteiger partial charge on any atom is -0.354 e. The topological polar surface area (TPSA) is 20.7 Å². The average molecular weight is 392 g/mol. The summed E-state index contributed by atoms with van der Waals surface area (Å²) < 4.78 is 2.50. The lowest BCUT2D eigenvalue weighted by Gasteiger charge is -2.22. The van der Waals surface area contributed by atoms with E-state index < -0.39 is 0 Å². The summed E-state index contributed by atoms with van der Waals surface area (Å²) in [4.78, 5) is 3.62. The average Bonchev–Trinajstić information content (AvgIpc) is 3.32. The Hall–Kier alpha value is -3.20. The Morgan fingerprint density at radius 3 is 1.87 bits per heavy atom. The van der Waals surface area contributed by atoms with Crippen LogP contribution >= 0.6 is 0 Å². The molecule has 0 saturated heterocycles. The van der Waals surface area contributed by atoms with Gasteiger partial charge in [-0.2, -0.15) is 0 Å². The van der Waals surface area contributed by atoms with Gasteiger partial charge in [0.25, 0.3) is 0 Å². The first-order chi connectivity index (χ1) is 15.0. The molecule has 6 aromatic rings. The summed E-state index contributed by atoms with van der Waals surface area (Å²) in [5.41, 5.74) is 13.2. The number of hydrogen-bond acceptors (Lipinski definition) is 0. The van der Waals surface area contributed by atoms with E-state index in [9.17, 15) is 0 Å². The molecule has 0 radical (unpaired) electrons. The van der Waals surface area contributed by atoms with Crippen LogP contribution in [0.2, 0.25) is 0 Å². The first-order valence-corrected chi connectivity index (χ1v) is 11.0. The third kappa shape index (κ3) is 2.35. The maximum absolute atomic E-state index is 3.62. The molecule has 0 aliphatic carbocycles. The monoisotopic (exact) mass is 392 g/mol. The summed E-state index contributed by atoms with van der Waals surface area (Å²) in [6.07, 6.45) is 0. The third-order valence-electron chi connectivity index (χ3n) is 7.49. The maximum Gasteiger partial charge on any atom is 0.141 e. The number of fused-ring (bicyclic) bond motifs is 7. The van der Waals surface area contributed by atoms with Crippen LogP contribution in [0.1, 0.15) is 0 Å². The fourth-order valence-corrected chi connectivity index (χ4v) is 5.46. The molecular weight excluding hydrogens is 370 g/mol. The molecule has 0 spiro atoms. The molecule has 0 amide bonds. The van der Waals surface area contributed by atoms with Crippen molar-refractivity contribution in [1.29, 1.82) is 0 Å². The van der Waals surface area contributed by atoms with Crippen LogP contribution in [0, 0.1) is 0 Å². The normalized spacial score (nSPS) is 11.9. The lowest BCUT2D eigenvalue weighted by atomic mass is 9.61. The van der Waals surface area contributed by atoms with E-state index in [0.29, 0.717) is 0 Å². The van der Waals surface area contributed by atoms with Crippen LogP contribution in [-0.2, 0) is 0 Å². The molecule has 0 aliphatic rings. The highest BCUT2D eigenvalue weighted by molar-refractivity contribution is 6.68. The van der Waals surface area contributed by atoms with Crippen molar-refractivity contribution in [2.24, 2.45) is 0 Å². The number of hydrogen-bond donors (Lipinski definition) is 1. The number of rotatable bonds is 1. The van der Waals surface area contributed by atoms with Crippen molar-refractivity contribution in [3.8, 4) is 5.69 Å². The molecule has 4 aromatic carbocycles. The second kappa shape index (κ2) is 6.40. The van der Waals surface area contributed by atoms with Crippen LogP contribution in [0.4, 0.5) is 0 Å². The van der Waals surface area contributed by atoms with Crippen molar-refractivity contribution >= 4 is 110 Å². The van der Waals surface area contributed by atoms with Crippen molar-refractivity contribution in [3.05, 3.63) is 60.7 Å². The molecule has 2 nitrogen and oxygen atoms in total. The molecule has 0 unspecified atom stereocenters. The SMILES string of the molecule is Bc1c(B)c(B)c(-n2c3ccccc3c3c4c(ccc32)[nH]c2ccccc24)c(B)c1B. The summed E-state index contributed by atoms with van der Waals surface area (Å²) in [6, 6.07) is 22.0. The molecule has 7 heteroatoms. The van der Waals surface area contributed by atoms with E-state index in [1.807, 2.05) is 0 Å². The number of nitrogens with zero attached hydrogens (tertiary/aromatic N) is 1. The van der Waals surface area contributed by atoms with Crippen molar-refractivity contribution in [2.75, 3.05) is 0 Å². The molecule has 1 N–H and O–H groups in total. The first kappa shape index (κ1) is 18.6. The van der Waals surface area contributed by atoms with E-state index >= 15 is 0 Å². The van der Waals surface area contributed by atoms with Crippen molar-refractivity contribution < 1.29 is 0 Å². The first-order valence-electron chi connectivity index (χ1n) is 11.0. The van der Waals surface area contributed by atoms with Gasteiger partial charge in [-0.25, -0.2) is 0 Å². The Bertz CT molecular complexity index is 1660. The molecule has 31 heavy (non-hydrogen) atoms. The molecule has 0 bridgehead atoms. The van der Waals surface area contributed by atoms with Gasteiger partial charge in [0.2, 0.25) is 0 Å². The Kier molecular flexibility index (Phi) is 3.83. The van der Waals surface area contributed by atoms with Gasteiger partial charge in [-0.1, -0.05) is 58.2 Å². The zero-order valence-electron chi connectivity index (χ0n) is 18.7. The van der Waals surface area contributed by atoms with Crippen LogP contribution in [0.5, 0.6) is 0 Å². The molecule has 0 saturated carbocycles. The molecule has 2 heterocycles. The highest BCUT2D eigenvalue weighted by Gasteiger charge is 2.20. The van der Waals surface area contributed by atoms with Gasteiger partial charge >= 0.3 is 0 Å². The van der Waals surface area contributed by atoms with Crippen LogP contribution in [-0.4, -0.2) is 48.8 Å². The predicted octanol–water partition coefficient (Wildman–Crippen LogP) is -2.29. The van der Waals surface area contributed by atoms with Crippen LogP contribution in [0.15, 0.2) is 60.7 Å². The third-order valence-corrected chi connectivity index (χ3v) is 7.49. The summed E-state index contributed by atoms with van der Waals surface area (Å²) in [5.74, 6) is 0. The van der Waals surface area contributed by atoms with Gasteiger partial charge in [0.15, 0.2) is 0 Å². The summed E-state index contributed by atoms with van der Waals surface area (Å²) in [7, 11) is 11.3. The fraction of sp³-hybridized carbons (Fsp3) is 0. The predicted molar refractivity (Wildman–Crippen MR) is 151 cm³/mol. The molecule has 142 valence electrons. The summed E-state index contributed by atoms with van der Waals surface area (Å²) >= 11 is 0. The second-order valence-corrected chi connectivity index (χ2v) is 8.88. The highest BCUT2D eigenvalue weighted by Crippen LogP contribution is 2.39. The highest BCUT2D eigenvalue weighted by atomic mass is 15.0. The number of aromatic nitrogens is 2. The van der Waals surface area contributed by atoms with Crippen LogP contribution in [0.25, 0.3) is 49.3 Å². The van der Waals surface area contributed by atoms with Crippen molar-refractivity contribution in [2.45, 2.75) is 0 Å². The lowest BCUT2D eigenvalue weighted by molar-refractivity contribution is 1.21. The van der Waals surface area contributed by atoms with E-state index in [2.05, 4.69) is 109 Å². The van der Waals surface area contributed by atoms with Crippen LogP contribution in [0.3, 0.4) is 0 Å². The van der Waals surface area contributed by atoms with E-state index in [-0.39, 0.29) is 0 Å². The minimum absolute atomic E-state index is 1.19. The summed E-state index contributed by atoms with van der Waals surface area (Å²) in [5, 5.41) is 5.25. The smallest absolute Gasteiger partial charge is 0.141 e. The van der Waals surface area contributed by atoms with Gasteiger partial charge < -0.3 is 9.55 Å². The van der Waals surface area contributed by atoms with Gasteiger partial charge in [0, 0.05) is 38.3 Å². The number of nitrogens with one attached hydrogen (secondary N) is 1. The number of para-hydroxylation sites is 2. The zero-order chi connectivity index (χ0) is 21.4. The Labute approximate surface area is 186 Å². The van der Waals surface area contributed by atoms with E-state index in [1.165, 1.54) is 76.6 Å². The Morgan fingerprint density at radius 1 is 0.516 bits per heavy atom. The molecule has 2 aromatic heterocycles. The van der Waals surface area contributed by atoms with Crippen LogP contribution < -0.4 is 27.3 Å². The van der Waals surface area contributed by atoms with Gasteiger partial charge in [-0.05, 0) is 24.3 Å². The lowest BCUT2D eigenvalue weighted by Crippen LogP contribution is -2.56. The van der Waals surface area contributed by atoms with Gasteiger partial charge in [-0.3, -0.25) is 0 Å². The minimum atomic E-state index is 1.19. The second-order valence-electron chi connectivity index (χ2n) is 8.88. The van der Waals surface area contributed by atoms with Crippen molar-refractivity contribution in [1.82, 2.24) is 9.55 Å². The van der Waals surface area contributed by atoms with Crippen molar-refractivity contribution in [3.63, 3.8) is 0 Å². The zero-order valence-corrected chi connectivity index (χ0v) is 18.7. The molecule has 0 atom stereocenters. The number of aromatic amines is 1. The quantitative estimate of drug-likeness (QED) is 0.305. The standard InChI is InChI=1S/C24H21B5N2/c25-19-20(26)22(28)24(23(29)21(19)27)31-15-8-4-2-6-12(15)18-16(31)10-9-14-17(18)11-5-1-3-7-13(11)30-14/h1-10,30H,25-29H2. The van der Waals surface area contributed by atoms with Gasteiger partial charge in [0.1, 0.15) is 39.2 Å². The Balaban J connectivity index is 1.90. The summed E-state index contributed by atoms with van der Waals surface area (Å²) in [6.45, 7) is 0. The van der Waals surface area contributed by atoms with Gasteiger partial charge in [0.05, 0.1) is 11.0 Å². The van der Waals surface area contributed by atoms with E-state index in [1.54, 1.807) is 0 Å². The van der Waals surface area contributed by atoms with Gasteiger partial charge in [-0.15, -0.1) is 5.46 Å².